The molecule has 730 valence electrons. The Morgan fingerprint density at radius 3 is 0.921 bits per heavy atom. The van der Waals surface area contributed by atoms with Crippen molar-refractivity contribution in [3.05, 3.63) is 203 Å². The van der Waals surface area contributed by atoms with Gasteiger partial charge in [-0.2, -0.15) is 5.26 Å². The third-order valence-electron chi connectivity index (χ3n) is 23.5. The van der Waals surface area contributed by atoms with Crippen LogP contribution in [-0.4, -0.2) is 181 Å². The van der Waals surface area contributed by atoms with Crippen LogP contribution in [0.1, 0.15) is 144 Å². The van der Waals surface area contributed by atoms with Crippen molar-refractivity contribution in [3.63, 3.8) is 0 Å². The fourth-order valence-corrected chi connectivity index (χ4v) is 15.0. The molecule has 0 radical (unpaired) electrons. The summed E-state index contributed by atoms with van der Waals surface area (Å²) in [4.78, 5) is 132. The number of pyridine rings is 5. The summed E-state index contributed by atoms with van der Waals surface area (Å²) in [5.41, 5.74) is 1.76. The zero-order valence-electron chi connectivity index (χ0n) is 76.9. The molecule has 15 rings (SSSR count). The van der Waals surface area contributed by atoms with Gasteiger partial charge in [-0.3, -0.25) is 37.1 Å². The average molecular weight is 1950 g/mol. The van der Waals surface area contributed by atoms with Gasteiger partial charge in [-0.05, 0) is 101 Å². The number of nitrogens with one attached hydrogen (secondary N) is 6. The lowest BCUT2D eigenvalue weighted by Gasteiger charge is -2.32. The van der Waals surface area contributed by atoms with Gasteiger partial charge < -0.3 is 55.8 Å². The quantitative estimate of drug-likeness (QED) is 0.0186. The van der Waals surface area contributed by atoms with Gasteiger partial charge in [0.1, 0.15) is 68.4 Å². The molecule has 5 atom stereocenters. The van der Waals surface area contributed by atoms with E-state index in [1.54, 1.807) is 38.5 Å². The van der Waals surface area contributed by atoms with Crippen molar-refractivity contribution in [2.75, 3.05) is 25.3 Å². The van der Waals surface area contributed by atoms with E-state index in [-0.39, 0.29) is 125 Å². The van der Waals surface area contributed by atoms with E-state index in [0.717, 1.165) is 49.6 Å². The molecule has 15 aromatic rings. The molecule has 0 aliphatic rings. The van der Waals surface area contributed by atoms with Crippen LogP contribution in [-0.2, 0) is 49.7 Å². The lowest BCUT2D eigenvalue weighted by atomic mass is 9.75. The van der Waals surface area contributed by atoms with E-state index < -0.39 is 132 Å². The van der Waals surface area contributed by atoms with Gasteiger partial charge in [0.2, 0.25) is 0 Å². The first-order chi connectivity index (χ1) is 65.5. The first-order valence-corrected chi connectivity index (χ1v) is 43.4. The van der Waals surface area contributed by atoms with E-state index in [1.165, 1.54) is 56.0 Å². The summed E-state index contributed by atoms with van der Waals surface area (Å²) in [7, 11) is 0. The Balaban J connectivity index is 0.000000166. The number of aromatic amines is 5. The van der Waals surface area contributed by atoms with Crippen LogP contribution in [0.3, 0.4) is 0 Å². The van der Waals surface area contributed by atoms with Crippen molar-refractivity contribution in [1.82, 2.24) is 99.7 Å². The third kappa shape index (κ3) is 26.4. The number of carboxylic acids is 5. The van der Waals surface area contributed by atoms with Crippen molar-refractivity contribution in [3.8, 4) is 63.0 Å². The SMILES string of the molecule is CC(C)(C)C(CC(=O)O)Cc1nc(-c2c[nH]c3ncc(F)cc23)ncc1F.CC(C)(C)C(CC(=O)O)Nc1nc(-c2c[nH]c3ncc(F)cc23)ncc1Cl.CC(C)(C)[C@@H](CC(=O)O)Cc1nc(-c2c[nH]c3ncc(C#N)cc23)ncc1F.CC(C)(CF)C(CC(=O)O)Cc1nc(-c2c[nH]c3ncc(F)cc23)ncc1F.CC(CF)(CF)C(CC(=O)O)Cc1nc(-c2c[nH]c3ncc(F)cc23)ncc1F. The largest absolute Gasteiger partial charge is 0.481 e. The number of nitrogens with zero attached hydrogens (tertiary/aromatic N) is 16. The molecule has 0 aliphatic carbocycles. The molecule has 15 aromatic heterocycles. The highest BCUT2D eigenvalue weighted by Gasteiger charge is 2.39. The summed E-state index contributed by atoms with van der Waals surface area (Å²) in [5, 5.41) is 60.8. The standard InChI is InChI=1S/C20H20FN5O2.C19H18F4N4O2.C19H19F3N4O2.C19H20F2N4O2.C18H19ClFN5O2/c1-20(2,3)12(6-17(27)28)5-16-15(21)10-25-19(26-16)14-9-24-18-13(14)4-11(7-22)8-23-18;1-19(8-20,9-21)10(3-16(28)29)2-15-14(23)7-26-18(27-15)13-6-25-17-12(13)4-11(22)5-24-17;1-19(2,9-20)10(4-16(27)28)3-15-14(22)8-25-18(26-15)13-7-24-17-12(13)5-11(21)6-23-17;1-19(2,3)10(5-16(26)27)4-15-14(21)9-24-18(25-15)13-8-23-17-12(13)6-11(20)7-22-17;1-18(2,3)13(5-14(26)27)24-17-12(19)8-23-16(25-17)11-7-22-15-10(11)4-9(20)6-21-15/h4,8-10,12H,5-6H2,1-3H3,(H,23,24)(H,27,28);4-7,10H,2-3,8-9H2,1H3,(H,24,25)(H,28,29);5-8,10H,3-4,9H2,1-2H3,(H,23,24)(H,27,28);6-10H,4-5H2,1-3H3,(H,22,23)(H,26,27);4,6-8,13H,5H2,1-3H3,(H,21,22)(H,26,27)(H,23,24,25)/t12-;;;;/m1..../s1. The summed E-state index contributed by atoms with van der Waals surface area (Å²) in [5.74, 6) is -10.9. The van der Waals surface area contributed by atoms with Crippen LogP contribution in [0.5, 0.6) is 0 Å². The fourth-order valence-electron chi connectivity index (χ4n) is 14.8. The lowest BCUT2D eigenvalue weighted by molar-refractivity contribution is -0.140. The number of rotatable bonds is 30. The van der Waals surface area contributed by atoms with Crippen LogP contribution in [0.4, 0.5) is 54.1 Å². The Bertz CT molecular complexity index is 6890. The van der Waals surface area contributed by atoms with E-state index in [2.05, 4.69) is 105 Å². The number of hydrogen-bond donors (Lipinski definition) is 11. The second-order valence-corrected chi connectivity index (χ2v) is 37.6. The van der Waals surface area contributed by atoms with Crippen molar-refractivity contribution in [1.29, 1.82) is 5.26 Å². The number of hydrogen-bond acceptors (Lipinski definition) is 22. The molecule has 0 bridgehead atoms. The second kappa shape index (κ2) is 44.0. The Morgan fingerprint density at radius 1 is 0.360 bits per heavy atom. The van der Waals surface area contributed by atoms with Crippen LogP contribution < -0.4 is 5.32 Å². The van der Waals surface area contributed by atoms with Crippen LogP contribution in [0, 0.1) is 109 Å². The Kier molecular flexibility index (Phi) is 33.1. The maximum Gasteiger partial charge on any atom is 0.305 e. The predicted molar refractivity (Wildman–Crippen MR) is 491 cm³/mol. The van der Waals surface area contributed by atoms with E-state index in [0.29, 0.717) is 106 Å². The van der Waals surface area contributed by atoms with Gasteiger partial charge in [-0.15, -0.1) is 0 Å². The van der Waals surface area contributed by atoms with Gasteiger partial charge in [0.05, 0.1) is 111 Å². The maximum atomic E-state index is 14.4. The van der Waals surface area contributed by atoms with Crippen molar-refractivity contribution >= 4 is 102 Å². The minimum Gasteiger partial charge on any atom is -0.481 e. The van der Waals surface area contributed by atoms with Gasteiger partial charge in [0.15, 0.2) is 52.4 Å². The molecule has 32 nitrogen and oxygen atoms in total. The average Bonchev–Trinajstić information content (AvgIpc) is 1.69. The number of fused-ring (bicyclic) bond motifs is 5. The maximum absolute atomic E-state index is 14.4. The second-order valence-electron chi connectivity index (χ2n) is 37.2. The van der Waals surface area contributed by atoms with Crippen LogP contribution in [0.2, 0.25) is 5.02 Å². The molecule has 0 amide bonds. The lowest BCUT2D eigenvalue weighted by Crippen LogP contribution is -2.36. The molecule has 44 heteroatoms. The topological polar surface area (TPSA) is 495 Å². The number of aromatic nitrogens is 20. The van der Waals surface area contributed by atoms with E-state index in [9.17, 15) is 87.6 Å². The number of halogens is 12. The van der Waals surface area contributed by atoms with Gasteiger partial charge >= 0.3 is 29.8 Å². The first kappa shape index (κ1) is 104. The number of alkyl halides is 3. The van der Waals surface area contributed by atoms with Gasteiger partial charge in [0, 0.05) is 129 Å². The summed E-state index contributed by atoms with van der Waals surface area (Å²) in [6, 6.07) is 8.44. The zero-order valence-corrected chi connectivity index (χ0v) is 77.6. The van der Waals surface area contributed by atoms with Crippen molar-refractivity contribution < 1.29 is 97.8 Å². The third-order valence-corrected chi connectivity index (χ3v) is 23.8. The number of carbonyl (C=O) groups is 5. The first-order valence-electron chi connectivity index (χ1n) is 43.0. The highest BCUT2D eigenvalue weighted by molar-refractivity contribution is 6.32. The van der Waals surface area contributed by atoms with Gasteiger partial charge in [-0.1, -0.05) is 94.7 Å². The molecule has 11 N–H and O–H groups in total. The number of H-pyrrole nitrogens is 5. The Labute approximate surface area is 790 Å². The van der Waals surface area contributed by atoms with Crippen molar-refractivity contribution in [2.45, 2.75) is 147 Å². The molecule has 139 heavy (non-hydrogen) atoms. The highest BCUT2D eigenvalue weighted by atomic mass is 35.5. The van der Waals surface area contributed by atoms with Crippen LogP contribution in [0.25, 0.3) is 112 Å². The molecule has 15 heterocycles. The number of anilines is 1. The molecule has 0 saturated carbocycles. The molecule has 0 saturated heterocycles. The highest BCUT2D eigenvalue weighted by Crippen LogP contribution is 2.41. The van der Waals surface area contributed by atoms with Crippen molar-refractivity contribution in [2.24, 2.45) is 50.7 Å². The number of carboxylic acid groups (broad SMARTS) is 5. The number of nitriles is 1. The minimum absolute atomic E-state index is 0.0171. The summed E-state index contributed by atoms with van der Waals surface area (Å²) in [6.07, 6.45) is 18.0. The molecule has 0 aromatic carbocycles. The van der Waals surface area contributed by atoms with Gasteiger partial charge in [0.25, 0.3) is 0 Å². The predicted octanol–water partition coefficient (Wildman–Crippen LogP) is 19.6. The molecular formula is C95H96ClF11N22O10. The van der Waals surface area contributed by atoms with E-state index in [4.69, 9.17) is 27.1 Å². The summed E-state index contributed by atoms with van der Waals surface area (Å²) < 4.78 is 152. The molecule has 4 unspecified atom stereocenters. The number of aliphatic carboxylic acids is 5. The summed E-state index contributed by atoms with van der Waals surface area (Å²) in [6.45, 7) is 18.8. The van der Waals surface area contributed by atoms with Crippen LogP contribution >= 0.6 is 11.6 Å². The fraction of sp³-hybridized carbons (Fsp3) is 0.358. The minimum atomic E-state index is -1.59. The molecule has 0 spiro atoms. The Morgan fingerprint density at radius 2 is 0.633 bits per heavy atom. The van der Waals surface area contributed by atoms with E-state index in [1.807, 2.05) is 68.4 Å². The Hall–Kier alpha value is -15.0. The summed E-state index contributed by atoms with van der Waals surface area (Å²) >= 11 is 6.22. The van der Waals surface area contributed by atoms with E-state index >= 15 is 0 Å². The molecule has 0 fully saturated rings. The normalized spacial score (nSPS) is 12.9. The molecular weight excluding hydrogens is 1850 g/mol. The monoisotopic (exact) mass is 1950 g/mol. The van der Waals surface area contributed by atoms with Crippen LogP contribution in [0.15, 0.2) is 123 Å². The molecule has 0 aliphatic heterocycles. The zero-order chi connectivity index (χ0) is 102. The smallest absolute Gasteiger partial charge is 0.305 e. The van der Waals surface area contributed by atoms with Gasteiger partial charge in [-0.25, -0.2) is 110 Å².